The Morgan fingerprint density at radius 1 is 0.909 bits per heavy atom. The van der Waals surface area contributed by atoms with Crippen LogP contribution in [0.5, 0.6) is 5.75 Å². The Balaban J connectivity index is 1.93. The maximum atomic E-state index is 13.4. The lowest BCUT2D eigenvalue weighted by molar-refractivity contribution is -0.142. The number of amides is 2. The lowest BCUT2D eigenvalue weighted by atomic mass is 10.0. The predicted octanol–water partition coefficient (Wildman–Crippen LogP) is 5.15. The van der Waals surface area contributed by atoms with Gasteiger partial charge in [-0.25, -0.2) is 0 Å². The van der Waals surface area contributed by atoms with Gasteiger partial charge in [0.25, 0.3) is 5.91 Å². The van der Waals surface area contributed by atoms with Crippen LogP contribution in [0.4, 0.5) is 0 Å². The van der Waals surface area contributed by atoms with E-state index in [2.05, 4.69) is 5.32 Å². The summed E-state index contributed by atoms with van der Waals surface area (Å²) in [6, 6.07) is 23.0. The third-order valence-corrected chi connectivity index (χ3v) is 5.83. The van der Waals surface area contributed by atoms with Gasteiger partial charge in [-0.3, -0.25) is 9.59 Å². The summed E-state index contributed by atoms with van der Waals surface area (Å²) in [4.78, 5) is 28.0. The minimum atomic E-state index is -0.772. The van der Waals surface area contributed by atoms with Crippen LogP contribution in [0.25, 0.3) is 0 Å². The molecule has 0 aliphatic heterocycles. The topological polar surface area (TPSA) is 58.6 Å². The Kier molecular flexibility index (Phi) is 9.16. The van der Waals surface area contributed by atoms with Gasteiger partial charge in [-0.1, -0.05) is 77.8 Å². The first kappa shape index (κ1) is 24.6. The molecule has 3 aromatic carbocycles. The van der Waals surface area contributed by atoms with Crippen molar-refractivity contribution in [3.63, 3.8) is 0 Å². The van der Waals surface area contributed by atoms with E-state index in [4.69, 9.17) is 27.9 Å². The molecular weight excluding hydrogens is 459 g/mol. The third-order valence-electron chi connectivity index (χ3n) is 5.12. The summed E-state index contributed by atoms with van der Waals surface area (Å²) >= 11 is 12.8. The zero-order valence-electron chi connectivity index (χ0n) is 18.3. The number of rotatable bonds is 10. The van der Waals surface area contributed by atoms with E-state index >= 15 is 0 Å². The summed E-state index contributed by atoms with van der Waals surface area (Å²) in [5.74, 6) is -0.0289. The fraction of sp³-hybridized carbons (Fsp3) is 0.231. The van der Waals surface area contributed by atoms with Crippen molar-refractivity contribution in [2.45, 2.75) is 25.9 Å². The van der Waals surface area contributed by atoms with E-state index in [1.807, 2.05) is 55.5 Å². The Morgan fingerprint density at radius 2 is 1.52 bits per heavy atom. The molecule has 1 N–H and O–H groups in total. The zero-order chi connectivity index (χ0) is 23.6. The molecule has 5 nitrogen and oxygen atoms in total. The van der Waals surface area contributed by atoms with Gasteiger partial charge in [0.05, 0.1) is 0 Å². The summed E-state index contributed by atoms with van der Waals surface area (Å²) in [6.45, 7) is 2.13. The van der Waals surface area contributed by atoms with Crippen LogP contribution in [0.1, 0.15) is 18.1 Å². The van der Waals surface area contributed by atoms with Gasteiger partial charge in [0.1, 0.15) is 11.8 Å². The largest absolute Gasteiger partial charge is 0.484 e. The van der Waals surface area contributed by atoms with Gasteiger partial charge in [0, 0.05) is 35.1 Å². The predicted molar refractivity (Wildman–Crippen MR) is 132 cm³/mol. The lowest BCUT2D eigenvalue weighted by Gasteiger charge is -2.32. The second-order valence-corrected chi connectivity index (χ2v) is 8.24. The van der Waals surface area contributed by atoms with E-state index < -0.39 is 6.04 Å². The van der Waals surface area contributed by atoms with E-state index in [1.54, 1.807) is 30.3 Å². The van der Waals surface area contributed by atoms with Crippen molar-refractivity contribution >= 4 is 35.0 Å². The molecule has 7 heteroatoms. The van der Waals surface area contributed by atoms with Crippen molar-refractivity contribution in [1.82, 2.24) is 10.2 Å². The Morgan fingerprint density at radius 3 is 2.12 bits per heavy atom. The molecular formula is C26H26Cl2N2O3. The molecule has 0 bridgehead atoms. The van der Waals surface area contributed by atoms with Crippen molar-refractivity contribution in [3.8, 4) is 5.75 Å². The van der Waals surface area contributed by atoms with Crippen LogP contribution in [-0.4, -0.2) is 35.9 Å². The molecule has 33 heavy (non-hydrogen) atoms. The molecule has 0 unspecified atom stereocenters. The summed E-state index contributed by atoms with van der Waals surface area (Å²) in [7, 11) is 0. The van der Waals surface area contributed by atoms with Gasteiger partial charge < -0.3 is 15.0 Å². The number of carbonyl (C=O) groups excluding carboxylic acids is 2. The SMILES string of the molecule is CCNC(=O)[C@@H](Cc1ccccc1)N(Cc1c(Cl)cccc1Cl)C(=O)COc1ccccc1. The van der Waals surface area contributed by atoms with Crippen molar-refractivity contribution in [1.29, 1.82) is 0 Å². The van der Waals surface area contributed by atoms with Gasteiger partial charge in [-0.15, -0.1) is 0 Å². The van der Waals surface area contributed by atoms with Crippen LogP contribution in [0.3, 0.4) is 0 Å². The summed E-state index contributed by atoms with van der Waals surface area (Å²) < 4.78 is 5.70. The first-order valence-corrected chi connectivity index (χ1v) is 11.5. The standard InChI is InChI=1S/C26H26Cl2N2O3/c1-2-29-26(32)24(16-19-10-5-3-6-11-19)30(17-21-22(27)14-9-15-23(21)28)25(31)18-33-20-12-7-4-8-13-20/h3-15,24H,2,16-18H2,1H3,(H,29,32)/t24-/m1/s1. The number of hydrogen-bond acceptors (Lipinski definition) is 3. The van der Waals surface area contributed by atoms with Crippen LogP contribution in [0.15, 0.2) is 78.9 Å². The number of halogens is 2. The first-order valence-electron chi connectivity index (χ1n) is 10.7. The Bertz CT molecular complexity index is 1040. The number of benzene rings is 3. The van der Waals surface area contributed by atoms with Gasteiger partial charge in [-0.05, 0) is 36.8 Å². The quantitative estimate of drug-likeness (QED) is 0.432. The van der Waals surface area contributed by atoms with Gasteiger partial charge in [0.15, 0.2) is 6.61 Å². The molecule has 3 aromatic rings. The van der Waals surface area contributed by atoms with E-state index in [-0.39, 0.29) is 25.0 Å². The number of likely N-dealkylation sites (N-methyl/N-ethyl adjacent to an activating group) is 1. The molecule has 0 aromatic heterocycles. The van der Waals surface area contributed by atoms with Crippen LogP contribution >= 0.6 is 23.2 Å². The average Bonchev–Trinajstić information content (AvgIpc) is 2.83. The molecule has 1 atom stereocenters. The van der Waals surface area contributed by atoms with Gasteiger partial charge in [-0.2, -0.15) is 0 Å². The molecule has 0 saturated carbocycles. The molecule has 2 amide bonds. The molecule has 0 aliphatic rings. The summed E-state index contributed by atoms with van der Waals surface area (Å²) in [5.41, 5.74) is 1.51. The number of nitrogens with one attached hydrogen (secondary N) is 1. The molecule has 0 spiro atoms. The second-order valence-electron chi connectivity index (χ2n) is 7.42. The smallest absolute Gasteiger partial charge is 0.261 e. The van der Waals surface area contributed by atoms with Crippen LogP contribution in [0, 0.1) is 0 Å². The molecule has 0 saturated heterocycles. The minimum absolute atomic E-state index is 0.0735. The van der Waals surface area contributed by atoms with Crippen molar-refractivity contribution in [2.24, 2.45) is 0 Å². The fourth-order valence-corrected chi connectivity index (χ4v) is 3.96. The highest BCUT2D eigenvalue weighted by Crippen LogP contribution is 2.27. The van der Waals surface area contributed by atoms with E-state index in [9.17, 15) is 9.59 Å². The zero-order valence-corrected chi connectivity index (χ0v) is 19.9. The normalized spacial score (nSPS) is 11.5. The number of ether oxygens (including phenoxy) is 1. The average molecular weight is 485 g/mol. The number of hydrogen-bond donors (Lipinski definition) is 1. The van der Waals surface area contributed by atoms with E-state index in [0.717, 1.165) is 5.56 Å². The monoisotopic (exact) mass is 484 g/mol. The lowest BCUT2D eigenvalue weighted by Crippen LogP contribution is -2.51. The van der Waals surface area contributed by atoms with Gasteiger partial charge >= 0.3 is 0 Å². The number of carbonyl (C=O) groups is 2. The van der Waals surface area contributed by atoms with Gasteiger partial charge in [0.2, 0.25) is 5.91 Å². The van der Waals surface area contributed by atoms with E-state index in [1.165, 1.54) is 4.90 Å². The fourth-order valence-electron chi connectivity index (χ4n) is 3.44. The van der Waals surface area contributed by atoms with Crippen molar-refractivity contribution in [2.75, 3.05) is 13.2 Å². The maximum absolute atomic E-state index is 13.4. The van der Waals surface area contributed by atoms with Crippen molar-refractivity contribution < 1.29 is 14.3 Å². The number of nitrogens with zero attached hydrogens (tertiary/aromatic N) is 1. The number of para-hydroxylation sites is 1. The highest BCUT2D eigenvalue weighted by Gasteiger charge is 2.31. The molecule has 3 rings (SSSR count). The molecule has 0 aliphatic carbocycles. The Hall–Kier alpha value is -3.02. The molecule has 172 valence electrons. The molecule has 0 fully saturated rings. The second kappa shape index (κ2) is 12.3. The first-order chi connectivity index (χ1) is 16.0. The molecule has 0 heterocycles. The van der Waals surface area contributed by atoms with Crippen molar-refractivity contribution in [3.05, 3.63) is 100 Å². The highest BCUT2D eigenvalue weighted by molar-refractivity contribution is 6.36. The third kappa shape index (κ3) is 6.98. The highest BCUT2D eigenvalue weighted by atomic mass is 35.5. The molecule has 0 radical (unpaired) electrons. The van der Waals surface area contributed by atoms with E-state index in [0.29, 0.717) is 34.3 Å². The van der Waals surface area contributed by atoms with Crippen LogP contribution < -0.4 is 10.1 Å². The maximum Gasteiger partial charge on any atom is 0.261 e. The summed E-state index contributed by atoms with van der Waals surface area (Å²) in [6.07, 6.45) is 0.339. The Labute approximate surface area is 204 Å². The summed E-state index contributed by atoms with van der Waals surface area (Å²) in [5, 5.41) is 3.71. The van der Waals surface area contributed by atoms with Crippen LogP contribution in [0.2, 0.25) is 10.0 Å². The van der Waals surface area contributed by atoms with Crippen LogP contribution in [-0.2, 0) is 22.6 Å². The minimum Gasteiger partial charge on any atom is -0.484 e.